The molecule has 4 aromatic rings. The van der Waals surface area contributed by atoms with E-state index in [-0.39, 0.29) is 35.6 Å². The molecule has 0 radical (unpaired) electrons. The van der Waals surface area contributed by atoms with Crippen LogP contribution in [0.5, 0.6) is 0 Å². The van der Waals surface area contributed by atoms with Crippen molar-refractivity contribution in [3.63, 3.8) is 0 Å². The molecule has 4 rings (SSSR count). The SMILES string of the molecule is COC(=O)C[C@@](/C=C/[P+](c1ccccc1)(c1ccccc1)c1ccccc1)(CC(=O)c1ccccc1)C(=O)OC.[Br-]. The molecule has 4 aromatic carbocycles. The lowest BCUT2D eigenvalue weighted by molar-refractivity contribution is -0.156. The first kappa shape index (κ1) is 31.7. The lowest BCUT2D eigenvalue weighted by Crippen LogP contribution is -3.00. The molecule has 0 fully saturated rings. The molecule has 41 heavy (non-hydrogen) atoms. The first-order chi connectivity index (χ1) is 19.4. The van der Waals surface area contributed by atoms with Crippen LogP contribution in [0, 0.1) is 5.41 Å². The Morgan fingerprint density at radius 3 is 1.44 bits per heavy atom. The van der Waals surface area contributed by atoms with Crippen molar-refractivity contribution in [2.75, 3.05) is 14.2 Å². The molecule has 1 atom stereocenters. The van der Waals surface area contributed by atoms with Crippen molar-refractivity contribution in [1.29, 1.82) is 0 Å². The minimum absolute atomic E-state index is 0. The van der Waals surface area contributed by atoms with Crippen molar-refractivity contribution >= 4 is 40.9 Å². The van der Waals surface area contributed by atoms with Crippen molar-refractivity contribution in [1.82, 2.24) is 0 Å². The molecule has 5 nitrogen and oxygen atoms in total. The molecule has 0 bridgehead atoms. The van der Waals surface area contributed by atoms with Gasteiger partial charge in [-0.15, -0.1) is 0 Å². The van der Waals surface area contributed by atoms with Crippen molar-refractivity contribution in [2.45, 2.75) is 12.8 Å². The third-order valence-electron chi connectivity index (χ3n) is 6.96. The quantitative estimate of drug-likeness (QED) is 0.145. The lowest BCUT2D eigenvalue weighted by atomic mass is 9.78. The van der Waals surface area contributed by atoms with Crippen LogP contribution in [0.3, 0.4) is 0 Å². The molecule has 0 saturated carbocycles. The molecular formula is C34H32BrO5P. The number of carbonyl (C=O) groups excluding carboxylic acids is 3. The summed E-state index contributed by atoms with van der Waals surface area (Å²) in [6.07, 6.45) is 1.12. The zero-order chi connectivity index (χ0) is 28.4. The smallest absolute Gasteiger partial charge is 0.316 e. The number of hydrogen-bond donors (Lipinski definition) is 0. The summed E-state index contributed by atoms with van der Waals surface area (Å²) in [6, 6.07) is 39.0. The van der Waals surface area contributed by atoms with E-state index in [1.54, 1.807) is 30.3 Å². The van der Waals surface area contributed by atoms with Gasteiger partial charge >= 0.3 is 11.9 Å². The highest BCUT2D eigenvalue weighted by Crippen LogP contribution is 2.58. The van der Waals surface area contributed by atoms with Gasteiger partial charge in [0.2, 0.25) is 0 Å². The standard InChI is InChI=1S/C34H32O5P.BrH/c1-38-32(36)26-34(33(37)39-2,25-31(35)27-15-7-3-8-16-27)23-24-40(28-17-9-4-10-18-28,29-19-11-5-12-20-29)30-21-13-6-14-22-30;/h3-24H,25-26H2,1-2H3;1H/q+1;/p-1/b24-23+;/t34-;/m1./s1. The van der Waals surface area contributed by atoms with Gasteiger partial charge in [-0.3, -0.25) is 14.4 Å². The Hall–Kier alpha value is -3.86. The first-order valence-electron chi connectivity index (χ1n) is 12.9. The summed E-state index contributed by atoms with van der Waals surface area (Å²) in [7, 11) is 0.0143. The third-order valence-corrected chi connectivity index (χ3v) is 10.9. The van der Waals surface area contributed by atoms with E-state index < -0.39 is 24.6 Å². The molecule has 0 aliphatic rings. The Morgan fingerprint density at radius 2 is 1.05 bits per heavy atom. The van der Waals surface area contributed by atoms with Gasteiger partial charge in [0, 0.05) is 12.0 Å². The molecule has 7 heteroatoms. The van der Waals surface area contributed by atoms with Crippen LogP contribution in [0.25, 0.3) is 0 Å². The summed E-state index contributed by atoms with van der Waals surface area (Å²) >= 11 is 0. The summed E-state index contributed by atoms with van der Waals surface area (Å²) in [6.45, 7) is 0. The summed E-state index contributed by atoms with van der Waals surface area (Å²) < 4.78 is 10.2. The van der Waals surface area contributed by atoms with Crippen LogP contribution in [0.1, 0.15) is 23.2 Å². The maximum atomic E-state index is 13.6. The third kappa shape index (κ3) is 7.08. The van der Waals surface area contributed by atoms with Gasteiger partial charge in [0.15, 0.2) is 5.78 Å². The number of hydrogen-bond acceptors (Lipinski definition) is 5. The van der Waals surface area contributed by atoms with E-state index in [0.29, 0.717) is 5.56 Å². The molecule has 210 valence electrons. The second-order valence-electron chi connectivity index (χ2n) is 9.41. The number of halogens is 1. The molecule has 0 aromatic heterocycles. The van der Waals surface area contributed by atoms with E-state index in [9.17, 15) is 14.4 Å². The average molecular weight is 632 g/mol. The average Bonchev–Trinajstić information content (AvgIpc) is 3.02. The fourth-order valence-corrected chi connectivity index (χ4v) is 8.73. The van der Waals surface area contributed by atoms with Crippen molar-refractivity contribution < 1.29 is 40.8 Å². The van der Waals surface area contributed by atoms with Gasteiger partial charge in [-0.25, -0.2) is 0 Å². The van der Waals surface area contributed by atoms with Gasteiger partial charge in [-0.1, -0.05) is 84.9 Å². The highest BCUT2D eigenvalue weighted by Gasteiger charge is 2.47. The zero-order valence-electron chi connectivity index (χ0n) is 23.0. The molecule has 0 unspecified atom stereocenters. The maximum absolute atomic E-state index is 13.6. The molecule has 0 aliphatic heterocycles. The molecular weight excluding hydrogens is 599 g/mol. The number of esters is 2. The molecule has 0 saturated heterocycles. The van der Waals surface area contributed by atoms with Gasteiger partial charge in [-0.2, -0.15) is 0 Å². The highest BCUT2D eigenvalue weighted by atomic mass is 79.9. The molecule has 0 aliphatic carbocycles. The monoisotopic (exact) mass is 630 g/mol. The second-order valence-corrected chi connectivity index (χ2v) is 12.7. The van der Waals surface area contributed by atoms with E-state index >= 15 is 0 Å². The van der Waals surface area contributed by atoms with E-state index in [2.05, 4.69) is 36.4 Å². The second kappa shape index (κ2) is 14.7. The van der Waals surface area contributed by atoms with Gasteiger partial charge < -0.3 is 26.5 Å². The Balaban J connectivity index is 0.00000462. The van der Waals surface area contributed by atoms with Crippen LogP contribution < -0.4 is 32.9 Å². The summed E-state index contributed by atoms with van der Waals surface area (Å²) in [4.78, 5) is 39.8. The normalized spacial score (nSPS) is 12.5. The predicted octanol–water partition coefficient (Wildman–Crippen LogP) is 2.49. The first-order valence-corrected chi connectivity index (χ1v) is 14.8. The van der Waals surface area contributed by atoms with Crippen LogP contribution in [-0.2, 0) is 19.1 Å². The Kier molecular flexibility index (Phi) is 11.3. The maximum Gasteiger partial charge on any atom is 0.316 e. The van der Waals surface area contributed by atoms with Gasteiger partial charge in [0.25, 0.3) is 0 Å². The van der Waals surface area contributed by atoms with E-state index in [1.807, 2.05) is 66.5 Å². The lowest BCUT2D eigenvalue weighted by Gasteiger charge is -2.29. The number of Topliss-reactive ketones (excluding diaryl/α,β-unsaturated/α-hetero) is 1. The zero-order valence-corrected chi connectivity index (χ0v) is 25.5. The Bertz CT molecular complexity index is 1360. The molecule has 0 spiro atoms. The summed E-state index contributed by atoms with van der Waals surface area (Å²) in [5.74, 6) is 0.470. The molecule has 0 amide bonds. The fraction of sp³-hybridized carbons (Fsp3) is 0.147. The van der Waals surface area contributed by atoms with Crippen LogP contribution >= 0.6 is 7.26 Å². The predicted molar refractivity (Wildman–Crippen MR) is 161 cm³/mol. The number of rotatable bonds is 11. The largest absolute Gasteiger partial charge is 1.00 e. The fourth-order valence-electron chi connectivity index (χ4n) is 4.89. The summed E-state index contributed by atoms with van der Waals surface area (Å²) in [5, 5.41) is 3.19. The molecule has 0 heterocycles. The van der Waals surface area contributed by atoms with Gasteiger partial charge in [0.05, 0.1) is 26.5 Å². The number of benzene rings is 4. The molecule has 0 N–H and O–H groups in total. The van der Waals surface area contributed by atoms with Crippen LogP contribution in [-0.4, -0.2) is 31.9 Å². The van der Waals surface area contributed by atoms with Gasteiger partial charge in [-0.05, 0) is 42.5 Å². The number of ketones is 1. The van der Waals surface area contributed by atoms with E-state index in [4.69, 9.17) is 9.47 Å². The number of ether oxygens (including phenoxy) is 2. The number of methoxy groups -OCH3 is 2. The van der Waals surface area contributed by atoms with Crippen LogP contribution in [0.2, 0.25) is 0 Å². The van der Waals surface area contributed by atoms with Crippen molar-refractivity contribution in [3.8, 4) is 0 Å². The Labute approximate surface area is 252 Å². The number of carbonyl (C=O) groups is 3. The van der Waals surface area contributed by atoms with Crippen LogP contribution in [0.15, 0.2) is 133 Å². The highest BCUT2D eigenvalue weighted by molar-refractivity contribution is 7.98. The van der Waals surface area contributed by atoms with E-state index in [0.717, 1.165) is 15.9 Å². The summed E-state index contributed by atoms with van der Waals surface area (Å²) in [5.41, 5.74) is -1.14. The van der Waals surface area contributed by atoms with Gasteiger partial charge in [0.1, 0.15) is 28.6 Å². The minimum Gasteiger partial charge on any atom is -1.00 e. The van der Waals surface area contributed by atoms with E-state index in [1.165, 1.54) is 14.2 Å². The van der Waals surface area contributed by atoms with Crippen molar-refractivity contribution in [2.24, 2.45) is 5.41 Å². The van der Waals surface area contributed by atoms with Crippen molar-refractivity contribution in [3.05, 3.63) is 139 Å². The Morgan fingerprint density at radius 1 is 0.634 bits per heavy atom. The minimum atomic E-state index is -2.52. The van der Waals surface area contributed by atoms with Crippen LogP contribution in [0.4, 0.5) is 0 Å². The topological polar surface area (TPSA) is 69.7 Å².